The first kappa shape index (κ1) is 24.7. The summed E-state index contributed by atoms with van der Waals surface area (Å²) in [6, 6.07) is 55.8. The summed E-state index contributed by atoms with van der Waals surface area (Å²) >= 11 is 0. The van der Waals surface area contributed by atoms with Gasteiger partial charge in [-0.2, -0.15) is 0 Å². The highest BCUT2D eigenvalue weighted by Crippen LogP contribution is 2.47. The second-order valence-electron chi connectivity index (χ2n) is 11.3. The van der Waals surface area contributed by atoms with Crippen LogP contribution in [0.3, 0.4) is 0 Å². The normalized spacial score (nSPS) is 12.0. The van der Waals surface area contributed by atoms with E-state index in [-0.39, 0.29) is 0 Å². The van der Waals surface area contributed by atoms with Crippen LogP contribution in [-0.4, -0.2) is 0 Å². The van der Waals surface area contributed by atoms with Crippen molar-refractivity contribution in [2.45, 2.75) is 0 Å². The molecule has 0 fully saturated rings. The van der Waals surface area contributed by atoms with Crippen molar-refractivity contribution in [1.29, 1.82) is 0 Å². The lowest BCUT2D eigenvalue weighted by Crippen LogP contribution is -1.98. The Morgan fingerprint density at radius 3 is 1.39 bits per heavy atom. The molecule has 1 aliphatic rings. The maximum absolute atomic E-state index is 6.18. The van der Waals surface area contributed by atoms with Gasteiger partial charge in [0.05, 0.1) is 0 Å². The van der Waals surface area contributed by atoms with E-state index >= 15 is 0 Å². The Morgan fingerprint density at radius 2 is 0.727 bits per heavy atom. The number of fused-ring (bicyclic) bond motifs is 5. The Bertz CT molecular complexity index is 2330. The van der Waals surface area contributed by atoms with E-state index in [0.717, 1.165) is 34.1 Å². The first-order chi connectivity index (χ1) is 21.8. The maximum atomic E-state index is 6.18. The lowest BCUT2D eigenvalue weighted by Gasteiger charge is -2.21. The average Bonchev–Trinajstić information content (AvgIpc) is 3.09. The molecule has 1 aliphatic heterocycles. The predicted molar refractivity (Wildman–Crippen MR) is 182 cm³/mol. The van der Waals surface area contributed by atoms with Crippen LogP contribution in [-0.2, 0) is 0 Å². The number of rotatable bonds is 3. The molecule has 0 N–H and O–H groups in total. The van der Waals surface area contributed by atoms with Crippen molar-refractivity contribution in [1.82, 2.24) is 0 Å². The maximum Gasteiger partial charge on any atom is 0.170 e. The first-order valence-corrected chi connectivity index (χ1v) is 14.9. The van der Waals surface area contributed by atoms with Gasteiger partial charge in [-0.3, -0.25) is 0 Å². The molecule has 0 atom stereocenters. The second-order valence-corrected chi connectivity index (χ2v) is 11.3. The zero-order chi connectivity index (χ0) is 29.0. The molecule has 0 spiro atoms. The molecular formula is C42H26O2. The number of benzene rings is 8. The van der Waals surface area contributed by atoms with Crippen molar-refractivity contribution < 1.29 is 9.47 Å². The fourth-order valence-electron chi connectivity index (χ4n) is 6.63. The molecule has 0 unspecified atom stereocenters. The fraction of sp³-hybridized carbons (Fsp3) is 0. The average molecular weight is 563 g/mol. The molecule has 0 bridgehead atoms. The van der Waals surface area contributed by atoms with E-state index in [9.17, 15) is 0 Å². The monoisotopic (exact) mass is 562 g/mol. The summed E-state index contributed by atoms with van der Waals surface area (Å²) in [4.78, 5) is 0. The Kier molecular flexibility index (Phi) is 5.54. The zero-order valence-corrected chi connectivity index (χ0v) is 23.8. The molecule has 8 aromatic rings. The Labute approximate surface area is 255 Å². The van der Waals surface area contributed by atoms with Gasteiger partial charge in [0.15, 0.2) is 23.0 Å². The van der Waals surface area contributed by atoms with Crippen molar-refractivity contribution in [2.24, 2.45) is 0 Å². The highest BCUT2D eigenvalue weighted by Gasteiger charge is 2.20. The van der Waals surface area contributed by atoms with Crippen LogP contribution in [0.25, 0.3) is 65.7 Å². The minimum absolute atomic E-state index is 0.728. The van der Waals surface area contributed by atoms with E-state index in [1.807, 2.05) is 30.3 Å². The van der Waals surface area contributed by atoms with E-state index in [4.69, 9.17) is 9.47 Å². The third-order valence-corrected chi connectivity index (χ3v) is 8.71. The van der Waals surface area contributed by atoms with Crippen LogP contribution in [0.1, 0.15) is 0 Å². The van der Waals surface area contributed by atoms with Gasteiger partial charge in [0, 0.05) is 0 Å². The van der Waals surface area contributed by atoms with Gasteiger partial charge in [-0.05, 0) is 96.0 Å². The van der Waals surface area contributed by atoms with Gasteiger partial charge in [0.2, 0.25) is 0 Å². The summed E-state index contributed by atoms with van der Waals surface area (Å²) in [7, 11) is 0. The van der Waals surface area contributed by atoms with Crippen molar-refractivity contribution >= 4 is 32.3 Å². The predicted octanol–water partition coefficient (Wildman–Crippen LogP) is 12.0. The number of hydrogen-bond acceptors (Lipinski definition) is 2. The zero-order valence-electron chi connectivity index (χ0n) is 23.8. The lowest BCUT2D eigenvalue weighted by molar-refractivity contribution is 0.360. The topological polar surface area (TPSA) is 18.5 Å². The molecule has 9 rings (SSSR count). The summed E-state index contributed by atoms with van der Waals surface area (Å²) in [5.74, 6) is 2.93. The van der Waals surface area contributed by atoms with Crippen molar-refractivity contribution in [3.63, 3.8) is 0 Å². The smallest absolute Gasteiger partial charge is 0.170 e. The molecule has 2 nitrogen and oxygen atoms in total. The number of hydrogen-bond donors (Lipinski definition) is 0. The van der Waals surface area contributed by atoms with E-state index in [1.54, 1.807) is 0 Å². The van der Waals surface area contributed by atoms with Gasteiger partial charge < -0.3 is 9.47 Å². The quantitative estimate of drug-likeness (QED) is 0.199. The molecule has 44 heavy (non-hydrogen) atoms. The summed E-state index contributed by atoms with van der Waals surface area (Å²) < 4.78 is 12.2. The third kappa shape index (κ3) is 3.96. The molecule has 0 amide bonds. The van der Waals surface area contributed by atoms with Crippen LogP contribution in [0.5, 0.6) is 23.0 Å². The van der Waals surface area contributed by atoms with E-state index in [0.29, 0.717) is 0 Å². The van der Waals surface area contributed by atoms with Gasteiger partial charge in [0.25, 0.3) is 0 Å². The van der Waals surface area contributed by atoms with Crippen LogP contribution in [0.15, 0.2) is 158 Å². The first-order valence-electron chi connectivity index (χ1n) is 14.9. The second kappa shape index (κ2) is 9.86. The Morgan fingerprint density at radius 1 is 0.273 bits per heavy atom. The standard InChI is InChI=1S/C42H26O2/c1-2-10-30-25-32(22-19-27(30)9-1)42-35-13-5-3-11-33(35)41(34-12-4-6-14-36(34)42)29-20-17-28(18-21-29)31-23-24-39-40(26-31)44-38-16-8-7-15-37(38)43-39/h1-26H. The minimum Gasteiger partial charge on any atom is -0.450 e. The fourth-order valence-corrected chi connectivity index (χ4v) is 6.63. The van der Waals surface area contributed by atoms with Gasteiger partial charge >= 0.3 is 0 Å². The summed E-state index contributed by atoms with van der Waals surface area (Å²) in [5, 5.41) is 7.52. The molecule has 2 heteroatoms. The van der Waals surface area contributed by atoms with Crippen molar-refractivity contribution in [2.75, 3.05) is 0 Å². The molecule has 0 saturated heterocycles. The van der Waals surface area contributed by atoms with Crippen LogP contribution in [0.4, 0.5) is 0 Å². The van der Waals surface area contributed by atoms with Crippen molar-refractivity contribution in [3.05, 3.63) is 158 Å². The molecule has 206 valence electrons. The number of ether oxygens (including phenoxy) is 2. The molecule has 0 aliphatic carbocycles. The lowest BCUT2D eigenvalue weighted by atomic mass is 9.85. The van der Waals surface area contributed by atoms with E-state index in [2.05, 4.69) is 127 Å². The largest absolute Gasteiger partial charge is 0.450 e. The summed E-state index contributed by atoms with van der Waals surface area (Å²) in [6.45, 7) is 0. The Hall–Kier alpha value is -5.86. The van der Waals surface area contributed by atoms with E-state index < -0.39 is 0 Å². The van der Waals surface area contributed by atoms with Crippen LogP contribution in [0, 0.1) is 0 Å². The van der Waals surface area contributed by atoms with Gasteiger partial charge in [-0.1, -0.05) is 127 Å². The van der Waals surface area contributed by atoms with Crippen LogP contribution in [0.2, 0.25) is 0 Å². The Balaban J connectivity index is 1.17. The van der Waals surface area contributed by atoms with Gasteiger partial charge in [0.1, 0.15) is 0 Å². The molecule has 0 saturated carbocycles. The molecule has 8 aromatic carbocycles. The van der Waals surface area contributed by atoms with Crippen LogP contribution < -0.4 is 9.47 Å². The van der Waals surface area contributed by atoms with Crippen molar-refractivity contribution in [3.8, 4) is 56.4 Å². The van der Waals surface area contributed by atoms with Crippen LogP contribution >= 0.6 is 0 Å². The highest BCUT2D eigenvalue weighted by atomic mass is 16.6. The van der Waals surface area contributed by atoms with Gasteiger partial charge in [-0.25, -0.2) is 0 Å². The molecule has 0 aromatic heterocycles. The minimum atomic E-state index is 0.728. The number of para-hydroxylation sites is 2. The molecular weight excluding hydrogens is 536 g/mol. The molecule has 0 radical (unpaired) electrons. The summed E-state index contributed by atoms with van der Waals surface area (Å²) in [6.07, 6.45) is 0. The third-order valence-electron chi connectivity index (χ3n) is 8.71. The SMILES string of the molecule is c1ccc2c(c1)Oc1ccc(-c3ccc(-c4c5ccccc5c(-c5ccc6ccccc6c5)c5ccccc45)cc3)cc1O2. The summed E-state index contributed by atoms with van der Waals surface area (Å²) in [5.41, 5.74) is 7.17. The van der Waals surface area contributed by atoms with Gasteiger partial charge in [-0.15, -0.1) is 0 Å². The van der Waals surface area contributed by atoms with E-state index in [1.165, 1.54) is 54.6 Å². The highest BCUT2D eigenvalue weighted by molar-refractivity contribution is 6.21. The molecule has 1 heterocycles.